The molecule has 1 aromatic carbocycles. The summed E-state index contributed by atoms with van der Waals surface area (Å²) in [6.45, 7) is 3.69. The average Bonchev–Trinajstić information content (AvgIpc) is 3.28. The monoisotopic (exact) mass is 392 g/mol. The number of nitrogens with zero attached hydrogens (tertiary/aromatic N) is 3. The number of likely N-dealkylation sites (tertiary alicyclic amines) is 1. The number of hydrogen-bond donors (Lipinski definition) is 1. The highest BCUT2D eigenvalue weighted by Crippen LogP contribution is 2.26. The molecular formula is C18H24N4O4S. The third-order valence-electron chi connectivity index (χ3n) is 5.05. The molecule has 8 nitrogen and oxygen atoms in total. The molecule has 1 saturated heterocycles. The summed E-state index contributed by atoms with van der Waals surface area (Å²) in [7, 11) is -1.92. The van der Waals surface area contributed by atoms with Gasteiger partial charge in [0.1, 0.15) is 0 Å². The molecule has 1 N–H and O–H groups in total. The molecular weight excluding hydrogens is 368 g/mol. The molecule has 0 bridgehead atoms. The zero-order valence-electron chi connectivity index (χ0n) is 15.5. The van der Waals surface area contributed by atoms with E-state index in [9.17, 15) is 18.5 Å². The molecule has 1 fully saturated rings. The van der Waals surface area contributed by atoms with Crippen LogP contribution in [0.4, 0.5) is 5.69 Å². The Kier molecular flexibility index (Phi) is 5.64. The van der Waals surface area contributed by atoms with Crippen molar-refractivity contribution in [3.05, 3.63) is 57.9 Å². The lowest BCUT2D eigenvalue weighted by Crippen LogP contribution is -2.37. The van der Waals surface area contributed by atoms with E-state index >= 15 is 0 Å². The Labute approximate surface area is 159 Å². The standard InChI is InChI=1S/C18H24N4O4S/c1-14-7-8-15(22(23)24)12-18(14)27(25,26)19-13-17(21-10-3-4-11-21)16-6-5-9-20(16)2/h5-9,12,17,19H,3-4,10-11,13H2,1-2H3. The van der Waals surface area contributed by atoms with Crippen LogP contribution in [-0.2, 0) is 17.1 Å². The second-order valence-corrected chi connectivity index (χ2v) is 8.60. The van der Waals surface area contributed by atoms with E-state index in [0.717, 1.165) is 37.7 Å². The fourth-order valence-electron chi connectivity index (χ4n) is 3.55. The summed E-state index contributed by atoms with van der Waals surface area (Å²) in [5.74, 6) is 0. The van der Waals surface area contributed by atoms with Gasteiger partial charge in [-0.05, 0) is 50.6 Å². The summed E-state index contributed by atoms with van der Waals surface area (Å²) in [5, 5.41) is 11.0. The number of nitro benzene ring substituents is 1. The number of rotatable bonds is 7. The second kappa shape index (κ2) is 7.79. The van der Waals surface area contributed by atoms with E-state index in [1.165, 1.54) is 12.1 Å². The summed E-state index contributed by atoms with van der Waals surface area (Å²) in [5.41, 5.74) is 1.28. The second-order valence-electron chi connectivity index (χ2n) is 6.86. The van der Waals surface area contributed by atoms with Crippen LogP contribution in [0, 0.1) is 17.0 Å². The Morgan fingerprint density at radius 1 is 1.26 bits per heavy atom. The number of hydrogen-bond acceptors (Lipinski definition) is 5. The molecule has 0 radical (unpaired) electrons. The first-order chi connectivity index (χ1) is 12.8. The highest BCUT2D eigenvalue weighted by molar-refractivity contribution is 7.89. The van der Waals surface area contributed by atoms with Crippen molar-refractivity contribution >= 4 is 15.7 Å². The maximum absolute atomic E-state index is 12.8. The molecule has 1 unspecified atom stereocenters. The number of non-ortho nitro benzene ring substituents is 1. The minimum Gasteiger partial charge on any atom is -0.353 e. The van der Waals surface area contributed by atoms with Crippen molar-refractivity contribution in [2.24, 2.45) is 7.05 Å². The summed E-state index contributed by atoms with van der Waals surface area (Å²) >= 11 is 0. The number of benzene rings is 1. The van der Waals surface area contributed by atoms with Crippen molar-refractivity contribution in [1.82, 2.24) is 14.2 Å². The number of aromatic nitrogens is 1. The van der Waals surface area contributed by atoms with Crippen LogP contribution in [0.3, 0.4) is 0 Å². The first-order valence-electron chi connectivity index (χ1n) is 8.89. The first-order valence-corrected chi connectivity index (χ1v) is 10.4. The SMILES string of the molecule is Cc1ccc([N+](=O)[O-])cc1S(=O)(=O)NCC(c1cccn1C)N1CCCC1. The van der Waals surface area contributed by atoms with Crippen molar-refractivity contribution in [2.45, 2.75) is 30.7 Å². The van der Waals surface area contributed by atoms with Crippen molar-refractivity contribution in [3.63, 3.8) is 0 Å². The predicted octanol–water partition coefficient (Wildman–Crippen LogP) is 2.36. The van der Waals surface area contributed by atoms with Gasteiger partial charge in [0.25, 0.3) is 5.69 Å². The van der Waals surface area contributed by atoms with Crippen molar-refractivity contribution < 1.29 is 13.3 Å². The average molecular weight is 392 g/mol. The highest BCUT2D eigenvalue weighted by Gasteiger charge is 2.28. The van der Waals surface area contributed by atoms with Crippen LogP contribution in [0.1, 0.15) is 30.1 Å². The van der Waals surface area contributed by atoms with E-state index in [1.54, 1.807) is 6.92 Å². The van der Waals surface area contributed by atoms with Crippen LogP contribution in [0.2, 0.25) is 0 Å². The molecule has 27 heavy (non-hydrogen) atoms. The van der Waals surface area contributed by atoms with E-state index in [4.69, 9.17) is 0 Å². The molecule has 2 aromatic rings. The maximum Gasteiger partial charge on any atom is 0.270 e. The van der Waals surface area contributed by atoms with E-state index in [-0.39, 0.29) is 23.2 Å². The molecule has 146 valence electrons. The van der Waals surface area contributed by atoms with Gasteiger partial charge >= 0.3 is 0 Å². The Hall–Kier alpha value is -2.23. The van der Waals surface area contributed by atoms with Gasteiger partial charge in [0, 0.05) is 37.6 Å². The number of sulfonamides is 1. The molecule has 0 aliphatic carbocycles. The van der Waals surface area contributed by atoms with E-state index in [0.29, 0.717) is 5.56 Å². The maximum atomic E-state index is 12.8. The molecule has 1 aliphatic rings. The minimum atomic E-state index is -3.87. The lowest BCUT2D eigenvalue weighted by Gasteiger charge is -2.28. The minimum absolute atomic E-state index is 0.0521. The van der Waals surface area contributed by atoms with Crippen LogP contribution >= 0.6 is 0 Å². The van der Waals surface area contributed by atoms with E-state index < -0.39 is 14.9 Å². The van der Waals surface area contributed by atoms with Gasteiger partial charge in [-0.25, -0.2) is 13.1 Å². The normalized spacial score (nSPS) is 16.5. The fourth-order valence-corrected chi connectivity index (χ4v) is 4.85. The predicted molar refractivity (Wildman–Crippen MR) is 102 cm³/mol. The van der Waals surface area contributed by atoms with Gasteiger partial charge in [-0.15, -0.1) is 0 Å². The number of aryl methyl sites for hydroxylation is 2. The lowest BCUT2D eigenvalue weighted by atomic mass is 10.2. The molecule has 0 saturated carbocycles. The molecule has 1 atom stereocenters. The van der Waals surface area contributed by atoms with Crippen molar-refractivity contribution in [1.29, 1.82) is 0 Å². The summed E-state index contributed by atoms with van der Waals surface area (Å²) in [6.07, 6.45) is 4.13. The van der Waals surface area contributed by atoms with Gasteiger partial charge in [0.15, 0.2) is 0 Å². The van der Waals surface area contributed by atoms with E-state index in [2.05, 4.69) is 9.62 Å². The molecule has 2 heterocycles. The Morgan fingerprint density at radius 2 is 1.96 bits per heavy atom. The Morgan fingerprint density at radius 3 is 2.56 bits per heavy atom. The van der Waals surface area contributed by atoms with Crippen LogP contribution in [0.15, 0.2) is 41.4 Å². The van der Waals surface area contributed by atoms with Gasteiger partial charge in [0.05, 0.1) is 15.9 Å². The van der Waals surface area contributed by atoms with Crippen LogP contribution < -0.4 is 4.72 Å². The van der Waals surface area contributed by atoms with Gasteiger partial charge in [-0.1, -0.05) is 6.07 Å². The first kappa shape index (κ1) is 19.5. The zero-order chi connectivity index (χ0) is 19.6. The van der Waals surface area contributed by atoms with Crippen molar-refractivity contribution in [2.75, 3.05) is 19.6 Å². The third kappa shape index (κ3) is 4.20. The Balaban J connectivity index is 1.85. The molecule has 1 aromatic heterocycles. The summed E-state index contributed by atoms with van der Waals surface area (Å²) in [4.78, 5) is 12.6. The molecule has 1 aliphatic heterocycles. The smallest absolute Gasteiger partial charge is 0.270 e. The van der Waals surface area contributed by atoms with Crippen LogP contribution in [0.5, 0.6) is 0 Å². The number of nitrogens with one attached hydrogen (secondary N) is 1. The van der Waals surface area contributed by atoms with Crippen LogP contribution in [0.25, 0.3) is 0 Å². The summed E-state index contributed by atoms with van der Waals surface area (Å²) < 4.78 is 30.4. The zero-order valence-corrected chi connectivity index (χ0v) is 16.3. The topological polar surface area (TPSA) is 97.5 Å². The quantitative estimate of drug-likeness (QED) is 0.576. The third-order valence-corrected chi connectivity index (χ3v) is 6.61. The van der Waals surface area contributed by atoms with Gasteiger partial charge in [-0.3, -0.25) is 15.0 Å². The lowest BCUT2D eigenvalue weighted by molar-refractivity contribution is -0.385. The largest absolute Gasteiger partial charge is 0.353 e. The van der Waals surface area contributed by atoms with Gasteiger partial charge in [0.2, 0.25) is 10.0 Å². The molecule has 0 spiro atoms. The van der Waals surface area contributed by atoms with Gasteiger partial charge in [-0.2, -0.15) is 0 Å². The van der Waals surface area contributed by atoms with Crippen molar-refractivity contribution in [3.8, 4) is 0 Å². The molecule has 0 amide bonds. The highest BCUT2D eigenvalue weighted by atomic mass is 32.2. The fraction of sp³-hybridized carbons (Fsp3) is 0.444. The summed E-state index contributed by atoms with van der Waals surface area (Å²) in [6, 6.07) is 7.74. The van der Waals surface area contributed by atoms with Crippen LogP contribution in [-0.4, -0.2) is 42.4 Å². The number of nitro groups is 1. The Bertz CT molecular complexity index is 933. The molecule has 9 heteroatoms. The molecule has 3 rings (SSSR count). The van der Waals surface area contributed by atoms with Gasteiger partial charge < -0.3 is 4.57 Å². The van der Waals surface area contributed by atoms with E-state index in [1.807, 2.05) is 29.9 Å².